The van der Waals surface area contributed by atoms with E-state index >= 15 is 0 Å². The zero-order chi connectivity index (χ0) is 19.7. The molecule has 3 aromatic rings. The number of nitrogens with zero attached hydrogens (tertiary/aromatic N) is 6. The molecule has 0 aliphatic heterocycles. The van der Waals surface area contributed by atoms with Crippen molar-refractivity contribution in [1.82, 2.24) is 29.5 Å². The molecule has 3 aromatic heterocycles. The maximum atomic E-state index is 12.7. The van der Waals surface area contributed by atoms with Crippen LogP contribution in [0.5, 0.6) is 0 Å². The summed E-state index contributed by atoms with van der Waals surface area (Å²) in [5, 5.41) is 16.5. The lowest BCUT2D eigenvalue weighted by Crippen LogP contribution is -2.25. The van der Waals surface area contributed by atoms with Crippen molar-refractivity contribution in [2.75, 3.05) is 5.32 Å². The second-order valence-electron chi connectivity index (χ2n) is 7.15. The molecule has 4 rings (SSSR count). The summed E-state index contributed by atoms with van der Waals surface area (Å²) in [6, 6.07) is 6.25. The van der Waals surface area contributed by atoms with E-state index in [1.807, 2.05) is 39.0 Å². The van der Waals surface area contributed by atoms with Gasteiger partial charge in [-0.1, -0.05) is 11.8 Å². The minimum atomic E-state index is -0.317. The van der Waals surface area contributed by atoms with Crippen LogP contribution in [0.25, 0.3) is 11.4 Å². The molecule has 0 spiro atoms. The molecule has 0 bridgehead atoms. The molecule has 1 amide bonds. The minimum Gasteiger partial charge on any atom is -0.310 e. The van der Waals surface area contributed by atoms with Crippen molar-refractivity contribution in [3.05, 3.63) is 36.8 Å². The van der Waals surface area contributed by atoms with Crippen LogP contribution in [0.3, 0.4) is 0 Å². The molecule has 1 aliphatic rings. The van der Waals surface area contributed by atoms with Crippen molar-refractivity contribution in [2.24, 2.45) is 0 Å². The van der Waals surface area contributed by atoms with E-state index in [0.29, 0.717) is 11.9 Å². The molecule has 146 valence electrons. The van der Waals surface area contributed by atoms with Crippen LogP contribution < -0.4 is 5.32 Å². The Labute approximate surface area is 167 Å². The van der Waals surface area contributed by atoms with Gasteiger partial charge in [0.2, 0.25) is 5.91 Å². The van der Waals surface area contributed by atoms with E-state index in [0.717, 1.165) is 29.4 Å². The predicted octanol–water partition coefficient (Wildman–Crippen LogP) is 3.57. The van der Waals surface area contributed by atoms with Gasteiger partial charge in [0.1, 0.15) is 5.82 Å². The van der Waals surface area contributed by atoms with Gasteiger partial charge >= 0.3 is 0 Å². The smallest absolute Gasteiger partial charge is 0.238 e. The first-order valence-electron chi connectivity index (χ1n) is 9.41. The molecular weight excluding hydrogens is 374 g/mol. The number of nitrogens with one attached hydrogen (secondary N) is 1. The molecular formula is C19H23N7OS. The number of rotatable bonds is 7. The fourth-order valence-corrected chi connectivity index (χ4v) is 3.90. The maximum absolute atomic E-state index is 12.7. The van der Waals surface area contributed by atoms with Crippen LogP contribution >= 0.6 is 11.8 Å². The number of carbonyl (C=O) groups is 1. The molecule has 9 heteroatoms. The molecule has 0 unspecified atom stereocenters. The van der Waals surface area contributed by atoms with Gasteiger partial charge in [-0.3, -0.25) is 14.3 Å². The summed E-state index contributed by atoms with van der Waals surface area (Å²) < 4.78 is 3.95. The first kappa shape index (κ1) is 18.7. The molecule has 8 nitrogen and oxygen atoms in total. The summed E-state index contributed by atoms with van der Waals surface area (Å²) in [6.45, 7) is 5.94. The first-order chi connectivity index (χ1) is 13.5. The van der Waals surface area contributed by atoms with Gasteiger partial charge < -0.3 is 5.32 Å². The monoisotopic (exact) mass is 397 g/mol. The molecule has 0 radical (unpaired) electrons. The second kappa shape index (κ2) is 7.75. The van der Waals surface area contributed by atoms with Gasteiger partial charge in [0, 0.05) is 36.1 Å². The predicted molar refractivity (Wildman–Crippen MR) is 108 cm³/mol. The van der Waals surface area contributed by atoms with E-state index in [2.05, 4.69) is 30.2 Å². The Morgan fingerprint density at radius 2 is 1.89 bits per heavy atom. The topological polar surface area (TPSA) is 90.5 Å². The standard InChI is InChI=1S/C19H23N7OS/c1-12(2)26-16(8-11-21-26)22-18(27)13(3)28-19-24-23-17(25(19)15-4-5-15)14-6-9-20-10-7-14/h6-13,15H,4-5H2,1-3H3,(H,22,27)/t13-/m0/s1. The number of amides is 1. The zero-order valence-corrected chi connectivity index (χ0v) is 16.9. The van der Waals surface area contributed by atoms with Crippen molar-refractivity contribution in [3.8, 4) is 11.4 Å². The van der Waals surface area contributed by atoms with Crippen molar-refractivity contribution in [2.45, 2.75) is 56.1 Å². The highest BCUT2D eigenvalue weighted by Crippen LogP contribution is 2.41. The number of anilines is 1. The fraction of sp³-hybridized carbons (Fsp3) is 0.421. The molecule has 1 fully saturated rings. The number of hydrogen-bond donors (Lipinski definition) is 1. The van der Waals surface area contributed by atoms with E-state index in [4.69, 9.17) is 0 Å². The molecule has 3 heterocycles. The van der Waals surface area contributed by atoms with E-state index in [-0.39, 0.29) is 17.2 Å². The molecule has 28 heavy (non-hydrogen) atoms. The fourth-order valence-electron chi connectivity index (χ4n) is 2.98. The number of thioether (sulfide) groups is 1. The summed E-state index contributed by atoms with van der Waals surface area (Å²) in [5.41, 5.74) is 0.985. The van der Waals surface area contributed by atoms with Crippen LogP contribution in [0.15, 0.2) is 41.9 Å². The van der Waals surface area contributed by atoms with Crippen LogP contribution in [0.4, 0.5) is 5.82 Å². The van der Waals surface area contributed by atoms with Gasteiger partial charge in [-0.05, 0) is 45.7 Å². The highest BCUT2D eigenvalue weighted by atomic mass is 32.2. The highest BCUT2D eigenvalue weighted by molar-refractivity contribution is 8.00. The number of hydrogen-bond acceptors (Lipinski definition) is 6. The summed E-state index contributed by atoms with van der Waals surface area (Å²) in [4.78, 5) is 16.8. The van der Waals surface area contributed by atoms with E-state index < -0.39 is 0 Å². The molecule has 1 N–H and O–H groups in total. The van der Waals surface area contributed by atoms with Crippen LogP contribution in [0, 0.1) is 0 Å². The Morgan fingerprint density at radius 1 is 1.14 bits per heavy atom. The first-order valence-corrected chi connectivity index (χ1v) is 10.3. The third-order valence-corrected chi connectivity index (χ3v) is 5.63. The second-order valence-corrected chi connectivity index (χ2v) is 8.46. The van der Waals surface area contributed by atoms with Crippen molar-refractivity contribution in [3.63, 3.8) is 0 Å². The Hall–Kier alpha value is -2.68. The van der Waals surface area contributed by atoms with Crippen molar-refractivity contribution < 1.29 is 4.79 Å². The summed E-state index contributed by atoms with van der Waals surface area (Å²) in [5.74, 6) is 1.45. The van der Waals surface area contributed by atoms with E-state index in [9.17, 15) is 4.79 Å². The Balaban J connectivity index is 1.52. The van der Waals surface area contributed by atoms with Crippen LogP contribution in [0.1, 0.15) is 45.7 Å². The Bertz CT molecular complexity index is 962. The van der Waals surface area contributed by atoms with Crippen molar-refractivity contribution >= 4 is 23.5 Å². The zero-order valence-electron chi connectivity index (χ0n) is 16.1. The van der Waals surface area contributed by atoms with Gasteiger partial charge in [-0.15, -0.1) is 10.2 Å². The lowest BCUT2D eigenvalue weighted by atomic mass is 10.2. The number of aromatic nitrogens is 6. The molecule has 1 saturated carbocycles. The van der Waals surface area contributed by atoms with Crippen LogP contribution in [-0.2, 0) is 4.79 Å². The van der Waals surface area contributed by atoms with Gasteiger partial charge in [0.25, 0.3) is 0 Å². The quantitative estimate of drug-likeness (QED) is 0.613. The van der Waals surface area contributed by atoms with Crippen molar-refractivity contribution in [1.29, 1.82) is 0 Å². The molecule has 1 atom stereocenters. The van der Waals surface area contributed by atoms with E-state index in [1.165, 1.54) is 11.8 Å². The summed E-state index contributed by atoms with van der Waals surface area (Å²) >= 11 is 1.43. The number of carbonyl (C=O) groups excluding carboxylic acids is 1. The molecule has 1 aliphatic carbocycles. The van der Waals surface area contributed by atoms with Gasteiger partial charge in [-0.25, -0.2) is 4.68 Å². The minimum absolute atomic E-state index is 0.0804. The maximum Gasteiger partial charge on any atom is 0.238 e. The summed E-state index contributed by atoms with van der Waals surface area (Å²) in [6.07, 6.45) is 7.41. The average molecular weight is 398 g/mol. The van der Waals surface area contributed by atoms with Gasteiger partial charge in [0.15, 0.2) is 11.0 Å². The average Bonchev–Trinajstić information content (AvgIpc) is 3.27. The largest absolute Gasteiger partial charge is 0.310 e. The van der Waals surface area contributed by atoms with Gasteiger partial charge in [0.05, 0.1) is 11.4 Å². The van der Waals surface area contributed by atoms with Gasteiger partial charge in [-0.2, -0.15) is 5.10 Å². The number of pyridine rings is 1. The Morgan fingerprint density at radius 3 is 2.57 bits per heavy atom. The molecule has 0 saturated heterocycles. The van der Waals surface area contributed by atoms with Crippen LogP contribution in [0.2, 0.25) is 0 Å². The Kier molecular flexibility index (Phi) is 5.17. The normalized spacial score (nSPS) is 15.0. The third-order valence-electron chi connectivity index (χ3n) is 4.58. The third kappa shape index (κ3) is 3.80. The lowest BCUT2D eigenvalue weighted by Gasteiger charge is -2.15. The lowest BCUT2D eigenvalue weighted by molar-refractivity contribution is -0.115. The molecule has 0 aromatic carbocycles. The van der Waals surface area contributed by atoms with E-state index in [1.54, 1.807) is 23.3 Å². The SMILES string of the molecule is CC(C)n1nccc1NC(=O)[C@H](C)Sc1nnc(-c2ccncc2)n1C1CC1. The van der Waals surface area contributed by atoms with Crippen LogP contribution in [-0.4, -0.2) is 40.7 Å². The highest BCUT2D eigenvalue weighted by Gasteiger charge is 2.31. The summed E-state index contributed by atoms with van der Waals surface area (Å²) in [7, 11) is 0.